The van der Waals surface area contributed by atoms with Crippen molar-refractivity contribution in [2.24, 2.45) is 5.92 Å². The fourth-order valence-corrected chi connectivity index (χ4v) is 4.91. The van der Waals surface area contributed by atoms with Gasteiger partial charge in [0.25, 0.3) is 11.8 Å². The van der Waals surface area contributed by atoms with Gasteiger partial charge < -0.3 is 24.6 Å². The molecule has 1 N–H and O–H groups in total. The molecule has 1 heterocycles. The number of carbonyl (C=O) groups is 3. The normalized spacial score (nSPS) is 19.8. The number of nitrogens with one attached hydrogen (secondary N) is 1. The average molecular weight is 562 g/mol. The number of amides is 3. The topological polar surface area (TPSA) is 88.2 Å². The van der Waals surface area contributed by atoms with Gasteiger partial charge in [-0.25, -0.2) is 4.39 Å². The van der Waals surface area contributed by atoms with E-state index in [9.17, 15) is 18.8 Å². The lowest BCUT2D eigenvalue weighted by Gasteiger charge is -2.36. The first-order valence-electron chi connectivity index (χ1n) is 13.6. The van der Waals surface area contributed by atoms with E-state index in [-0.39, 0.29) is 55.0 Å². The maximum atomic E-state index is 14.6. The third-order valence-corrected chi connectivity index (χ3v) is 7.30. The summed E-state index contributed by atoms with van der Waals surface area (Å²) >= 11 is 0. The maximum Gasteiger partial charge on any atom is 0.257 e. The Hall–Kier alpha value is -4.24. The molecule has 3 amide bonds. The minimum absolute atomic E-state index is 0.0174. The van der Waals surface area contributed by atoms with Crippen LogP contribution in [0.5, 0.6) is 5.75 Å². The number of rotatable bonds is 5. The molecule has 3 aromatic rings. The Kier molecular flexibility index (Phi) is 9.73. The van der Waals surface area contributed by atoms with E-state index >= 15 is 0 Å². The number of hydrogen-bond donors (Lipinski definition) is 1. The molecule has 8 nitrogen and oxygen atoms in total. The third kappa shape index (κ3) is 7.29. The van der Waals surface area contributed by atoms with E-state index in [1.165, 1.54) is 17.0 Å². The first-order valence-corrected chi connectivity index (χ1v) is 13.6. The molecule has 0 spiro atoms. The minimum Gasteiger partial charge on any atom is -0.491 e. The van der Waals surface area contributed by atoms with Crippen LogP contribution in [0.3, 0.4) is 0 Å². The first-order chi connectivity index (χ1) is 19.7. The molecular formula is C32H36FN3O5. The molecule has 0 aromatic heterocycles. The zero-order valence-electron chi connectivity index (χ0n) is 23.8. The molecule has 0 saturated carbocycles. The zero-order chi connectivity index (χ0) is 29.5. The van der Waals surface area contributed by atoms with Crippen molar-refractivity contribution in [3.63, 3.8) is 0 Å². The Morgan fingerprint density at radius 3 is 2.44 bits per heavy atom. The van der Waals surface area contributed by atoms with Crippen LogP contribution >= 0.6 is 0 Å². The van der Waals surface area contributed by atoms with E-state index in [4.69, 9.17) is 9.47 Å². The predicted molar refractivity (Wildman–Crippen MR) is 155 cm³/mol. The van der Waals surface area contributed by atoms with Crippen LogP contribution in [0.4, 0.5) is 10.1 Å². The summed E-state index contributed by atoms with van der Waals surface area (Å²) in [5, 5.41) is 2.87. The summed E-state index contributed by atoms with van der Waals surface area (Å²) in [6, 6.07) is 19.7. The first kappa shape index (κ1) is 29.7. The fraction of sp³-hybridized carbons (Fsp3) is 0.344. The highest BCUT2D eigenvalue weighted by Crippen LogP contribution is 2.27. The highest BCUT2D eigenvalue weighted by Gasteiger charge is 2.31. The lowest BCUT2D eigenvalue weighted by atomic mass is 10.0. The Labute approximate surface area is 240 Å². The lowest BCUT2D eigenvalue weighted by Crippen LogP contribution is -2.48. The van der Waals surface area contributed by atoms with Crippen LogP contribution in [0.15, 0.2) is 72.8 Å². The molecule has 0 aliphatic carbocycles. The number of nitrogens with zero attached hydrogens (tertiary/aromatic N) is 2. The van der Waals surface area contributed by atoms with Crippen molar-refractivity contribution in [3.8, 4) is 5.75 Å². The Balaban J connectivity index is 1.63. The highest BCUT2D eigenvalue weighted by molar-refractivity contribution is 6.00. The van der Waals surface area contributed by atoms with Gasteiger partial charge in [-0.15, -0.1) is 0 Å². The molecule has 0 saturated heterocycles. The second-order valence-corrected chi connectivity index (χ2v) is 10.5. The standard InChI is InChI=1S/C32H36FN3O5/c1-21-18-36(32(39)25-12-8-9-13-27(25)33)22(2)20-41-28-15-14-24(34-30(37)16-23-10-6-5-7-11-23)17-26(28)31(38)35(3)19-29(21)40-4/h5-15,17,21-22,29H,16,18-20H2,1-4H3,(H,34,37)/t21-,22-,29-/m0/s1. The Bertz CT molecular complexity index is 1380. The molecule has 0 bridgehead atoms. The summed E-state index contributed by atoms with van der Waals surface area (Å²) in [6.07, 6.45) is -0.205. The van der Waals surface area contributed by atoms with E-state index in [0.717, 1.165) is 5.56 Å². The molecule has 41 heavy (non-hydrogen) atoms. The van der Waals surface area contributed by atoms with E-state index in [1.807, 2.05) is 44.2 Å². The largest absolute Gasteiger partial charge is 0.491 e. The monoisotopic (exact) mass is 561 g/mol. The van der Waals surface area contributed by atoms with Crippen LogP contribution in [0.25, 0.3) is 0 Å². The van der Waals surface area contributed by atoms with E-state index in [0.29, 0.717) is 11.4 Å². The number of anilines is 1. The predicted octanol–water partition coefficient (Wildman–Crippen LogP) is 4.65. The van der Waals surface area contributed by atoms with Gasteiger partial charge in [0.05, 0.1) is 29.7 Å². The number of halogens is 1. The van der Waals surface area contributed by atoms with Crippen LogP contribution in [-0.4, -0.2) is 73.5 Å². The van der Waals surface area contributed by atoms with Crippen LogP contribution in [0.1, 0.15) is 40.1 Å². The molecule has 4 rings (SSSR count). The maximum absolute atomic E-state index is 14.6. The quantitative estimate of drug-likeness (QED) is 0.490. The van der Waals surface area contributed by atoms with Crippen molar-refractivity contribution in [3.05, 3.63) is 95.3 Å². The molecule has 216 valence electrons. The number of benzene rings is 3. The fourth-order valence-electron chi connectivity index (χ4n) is 4.91. The van der Waals surface area contributed by atoms with Gasteiger partial charge in [-0.1, -0.05) is 49.4 Å². The average Bonchev–Trinajstić information content (AvgIpc) is 2.97. The molecule has 1 aliphatic rings. The van der Waals surface area contributed by atoms with Gasteiger partial charge in [0.2, 0.25) is 5.91 Å². The summed E-state index contributed by atoms with van der Waals surface area (Å²) in [6.45, 7) is 4.34. The summed E-state index contributed by atoms with van der Waals surface area (Å²) in [5.41, 5.74) is 1.59. The number of methoxy groups -OCH3 is 1. The van der Waals surface area contributed by atoms with Crippen LogP contribution in [0.2, 0.25) is 0 Å². The molecule has 9 heteroatoms. The smallest absolute Gasteiger partial charge is 0.257 e. The lowest BCUT2D eigenvalue weighted by molar-refractivity contribution is -0.115. The molecule has 3 atom stereocenters. The second kappa shape index (κ2) is 13.4. The highest BCUT2D eigenvalue weighted by atomic mass is 19.1. The van der Waals surface area contributed by atoms with Crippen molar-refractivity contribution in [2.75, 3.05) is 39.2 Å². The summed E-state index contributed by atoms with van der Waals surface area (Å²) in [4.78, 5) is 42.9. The Morgan fingerprint density at radius 2 is 1.73 bits per heavy atom. The van der Waals surface area contributed by atoms with Gasteiger partial charge in [0.1, 0.15) is 18.2 Å². The summed E-state index contributed by atoms with van der Waals surface area (Å²) < 4.78 is 26.4. The number of carbonyl (C=O) groups excluding carboxylic acids is 3. The Morgan fingerprint density at radius 1 is 1.02 bits per heavy atom. The van der Waals surface area contributed by atoms with E-state index < -0.39 is 23.9 Å². The van der Waals surface area contributed by atoms with Gasteiger partial charge in [0, 0.05) is 38.9 Å². The number of hydrogen-bond acceptors (Lipinski definition) is 5. The van der Waals surface area contributed by atoms with Crippen LogP contribution < -0.4 is 10.1 Å². The molecule has 3 aromatic carbocycles. The van der Waals surface area contributed by atoms with Crippen LogP contribution in [-0.2, 0) is 16.0 Å². The van der Waals surface area contributed by atoms with E-state index in [1.54, 1.807) is 49.4 Å². The number of likely N-dealkylation sites (N-methyl/N-ethyl adjacent to an activating group) is 1. The van der Waals surface area contributed by atoms with Gasteiger partial charge in [-0.05, 0) is 42.8 Å². The third-order valence-electron chi connectivity index (χ3n) is 7.30. The molecule has 0 unspecified atom stereocenters. The molecule has 0 radical (unpaired) electrons. The van der Waals surface area contributed by atoms with E-state index in [2.05, 4.69) is 5.32 Å². The number of fused-ring (bicyclic) bond motifs is 1. The van der Waals surface area contributed by atoms with Crippen molar-refractivity contribution >= 4 is 23.4 Å². The van der Waals surface area contributed by atoms with Crippen molar-refractivity contribution < 1.29 is 28.2 Å². The minimum atomic E-state index is -0.592. The SMILES string of the molecule is CO[C@H]1CN(C)C(=O)c2cc(NC(=O)Cc3ccccc3)ccc2OC[C@H](C)N(C(=O)c2ccccc2F)C[C@@H]1C. The van der Waals surface area contributed by atoms with Gasteiger partial charge in [0.15, 0.2) is 0 Å². The van der Waals surface area contributed by atoms with Crippen molar-refractivity contribution in [2.45, 2.75) is 32.4 Å². The summed E-state index contributed by atoms with van der Waals surface area (Å²) in [5.74, 6) is -1.41. The number of ether oxygens (including phenoxy) is 2. The van der Waals surface area contributed by atoms with Gasteiger partial charge in [-0.3, -0.25) is 14.4 Å². The van der Waals surface area contributed by atoms with Crippen molar-refractivity contribution in [1.82, 2.24) is 9.80 Å². The van der Waals surface area contributed by atoms with Gasteiger partial charge in [-0.2, -0.15) is 0 Å². The molecule has 1 aliphatic heterocycles. The molecule has 0 fully saturated rings. The zero-order valence-corrected chi connectivity index (χ0v) is 23.8. The second-order valence-electron chi connectivity index (χ2n) is 10.5. The molecular weight excluding hydrogens is 525 g/mol. The van der Waals surface area contributed by atoms with Crippen LogP contribution in [0, 0.1) is 11.7 Å². The summed E-state index contributed by atoms with van der Waals surface area (Å²) in [7, 11) is 3.23. The van der Waals surface area contributed by atoms with Gasteiger partial charge >= 0.3 is 0 Å². The van der Waals surface area contributed by atoms with Crippen molar-refractivity contribution in [1.29, 1.82) is 0 Å².